The second-order valence-electron chi connectivity index (χ2n) is 7.01. The predicted octanol–water partition coefficient (Wildman–Crippen LogP) is 4.76. The van der Waals surface area contributed by atoms with Crippen LogP contribution >= 0.6 is 0 Å². The highest BCUT2D eigenvalue weighted by Gasteiger charge is 2.12. The first-order valence-electron chi connectivity index (χ1n) is 9.92. The van der Waals surface area contributed by atoms with Gasteiger partial charge in [0, 0.05) is 43.6 Å². The highest BCUT2D eigenvalue weighted by Crippen LogP contribution is 2.24. The van der Waals surface area contributed by atoms with Crippen molar-refractivity contribution in [2.45, 2.75) is 46.5 Å². The molecule has 1 saturated heterocycles. The zero-order valence-corrected chi connectivity index (χ0v) is 16.3. The lowest BCUT2D eigenvalue weighted by Gasteiger charge is -2.23. The highest BCUT2D eigenvalue weighted by atomic mass is 15.2. The van der Waals surface area contributed by atoms with Gasteiger partial charge in [0.25, 0.3) is 0 Å². The summed E-state index contributed by atoms with van der Waals surface area (Å²) in [5, 5.41) is 3.45. The molecule has 5 nitrogen and oxygen atoms in total. The van der Waals surface area contributed by atoms with Crippen molar-refractivity contribution in [3.05, 3.63) is 36.2 Å². The Labute approximate surface area is 157 Å². The van der Waals surface area contributed by atoms with Crippen LogP contribution in [0.25, 0.3) is 0 Å². The number of aryl methyl sites for hydroxylation is 1. The first kappa shape index (κ1) is 18.5. The topological polar surface area (TPSA) is 44.3 Å². The number of hydrogen-bond donors (Lipinski definition) is 1. The SMILES string of the molecule is CCCN(CCC)c1cc(Nc2ccc(N3CCCC3)cc2)nc(C)n1. The van der Waals surface area contributed by atoms with Crippen molar-refractivity contribution in [3.8, 4) is 0 Å². The molecular weight excluding hydrogens is 322 g/mol. The second kappa shape index (κ2) is 8.88. The van der Waals surface area contributed by atoms with E-state index in [4.69, 9.17) is 0 Å². The largest absolute Gasteiger partial charge is 0.372 e. The molecule has 0 radical (unpaired) electrons. The van der Waals surface area contributed by atoms with Crippen LogP contribution in [0.3, 0.4) is 0 Å². The lowest BCUT2D eigenvalue weighted by molar-refractivity contribution is 0.730. The third kappa shape index (κ3) is 4.65. The van der Waals surface area contributed by atoms with Gasteiger partial charge in [-0.3, -0.25) is 0 Å². The Morgan fingerprint density at radius 2 is 1.65 bits per heavy atom. The van der Waals surface area contributed by atoms with E-state index >= 15 is 0 Å². The molecule has 0 bridgehead atoms. The Morgan fingerprint density at radius 1 is 1.00 bits per heavy atom. The zero-order valence-electron chi connectivity index (χ0n) is 16.3. The second-order valence-corrected chi connectivity index (χ2v) is 7.01. The van der Waals surface area contributed by atoms with Crippen LogP contribution in [0, 0.1) is 6.92 Å². The van der Waals surface area contributed by atoms with Crippen LogP contribution in [0.5, 0.6) is 0 Å². The van der Waals surface area contributed by atoms with Crippen LogP contribution in [0.4, 0.5) is 23.0 Å². The fourth-order valence-corrected chi connectivity index (χ4v) is 3.54. The van der Waals surface area contributed by atoms with Crippen molar-refractivity contribution in [1.82, 2.24) is 9.97 Å². The van der Waals surface area contributed by atoms with Crippen molar-refractivity contribution in [3.63, 3.8) is 0 Å². The first-order chi connectivity index (χ1) is 12.7. The molecule has 0 spiro atoms. The number of nitrogens with one attached hydrogen (secondary N) is 1. The molecular formula is C21H31N5. The van der Waals surface area contributed by atoms with Crippen LogP contribution in [-0.4, -0.2) is 36.1 Å². The summed E-state index contributed by atoms with van der Waals surface area (Å²) in [6, 6.07) is 10.7. The molecule has 1 aromatic carbocycles. The van der Waals surface area contributed by atoms with Gasteiger partial charge in [-0.1, -0.05) is 13.8 Å². The molecule has 1 aliphatic rings. The molecule has 3 rings (SSSR count). The maximum atomic E-state index is 4.65. The number of nitrogens with zero attached hydrogens (tertiary/aromatic N) is 4. The van der Waals surface area contributed by atoms with Crippen LogP contribution in [0.2, 0.25) is 0 Å². The quantitative estimate of drug-likeness (QED) is 0.741. The standard InChI is InChI=1S/C21H31N5/c1-4-12-26(13-5-2)21-16-20(22-17(3)23-21)24-18-8-10-19(11-9-18)25-14-6-7-15-25/h8-11,16H,4-7,12-15H2,1-3H3,(H,22,23,24). The molecule has 2 aromatic rings. The minimum atomic E-state index is 0.802. The average Bonchev–Trinajstić information content (AvgIpc) is 3.16. The lowest BCUT2D eigenvalue weighted by Crippen LogP contribution is -2.26. The van der Waals surface area contributed by atoms with Gasteiger partial charge >= 0.3 is 0 Å². The Kier molecular flexibility index (Phi) is 6.31. The molecule has 0 amide bonds. The normalized spacial score (nSPS) is 13.9. The minimum Gasteiger partial charge on any atom is -0.372 e. The van der Waals surface area contributed by atoms with E-state index in [1.165, 1.54) is 31.6 Å². The van der Waals surface area contributed by atoms with Gasteiger partial charge in [0.2, 0.25) is 0 Å². The summed E-state index contributed by atoms with van der Waals surface area (Å²) in [5.74, 6) is 2.67. The average molecular weight is 354 g/mol. The third-order valence-corrected chi connectivity index (χ3v) is 4.75. The minimum absolute atomic E-state index is 0.802. The molecule has 0 atom stereocenters. The molecule has 0 unspecified atom stereocenters. The summed E-state index contributed by atoms with van der Waals surface area (Å²) in [6.07, 6.45) is 4.83. The van der Waals surface area contributed by atoms with Crippen molar-refractivity contribution in [2.24, 2.45) is 0 Å². The molecule has 1 N–H and O–H groups in total. The first-order valence-corrected chi connectivity index (χ1v) is 9.92. The molecule has 5 heteroatoms. The smallest absolute Gasteiger partial charge is 0.136 e. The van der Waals surface area contributed by atoms with Gasteiger partial charge in [0.1, 0.15) is 17.5 Å². The molecule has 1 aliphatic heterocycles. The summed E-state index contributed by atoms with van der Waals surface area (Å²) < 4.78 is 0. The van der Waals surface area contributed by atoms with Gasteiger partial charge < -0.3 is 15.1 Å². The zero-order chi connectivity index (χ0) is 18.4. The Morgan fingerprint density at radius 3 is 2.27 bits per heavy atom. The molecule has 140 valence electrons. The summed E-state index contributed by atoms with van der Waals surface area (Å²) in [6.45, 7) is 10.8. The van der Waals surface area contributed by atoms with Gasteiger partial charge in [0.05, 0.1) is 0 Å². The monoisotopic (exact) mass is 353 g/mol. The van der Waals surface area contributed by atoms with Crippen molar-refractivity contribution in [2.75, 3.05) is 41.3 Å². The van der Waals surface area contributed by atoms with E-state index in [1.54, 1.807) is 0 Å². The number of hydrogen-bond acceptors (Lipinski definition) is 5. The van der Waals surface area contributed by atoms with Crippen LogP contribution in [-0.2, 0) is 0 Å². The Balaban J connectivity index is 1.74. The fourth-order valence-electron chi connectivity index (χ4n) is 3.54. The van der Waals surface area contributed by atoms with E-state index < -0.39 is 0 Å². The van der Waals surface area contributed by atoms with Crippen LogP contribution in [0.1, 0.15) is 45.4 Å². The number of anilines is 4. The maximum Gasteiger partial charge on any atom is 0.136 e. The summed E-state index contributed by atoms with van der Waals surface area (Å²) >= 11 is 0. The Hall–Kier alpha value is -2.30. The van der Waals surface area contributed by atoms with Crippen molar-refractivity contribution >= 4 is 23.0 Å². The van der Waals surface area contributed by atoms with Crippen LogP contribution in [0.15, 0.2) is 30.3 Å². The van der Waals surface area contributed by atoms with E-state index in [9.17, 15) is 0 Å². The molecule has 2 heterocycles. The highest BCUT2D eigenvalue weighted by molar-refractivity contribution is 5.63. The van der Waals surface area contributed by atoms with E-state index in [-0.39, 0.29) is 0 Å². The van der Waals surface area contributed by atoms with E-state index in [0.29, 0.717) is 0 Å². The number of benzene rings is 1. The van der Waals surface area contributed by atoms with Gasteiger partial charge in [-0.05, 0) is 56.9 Å². The van der Waals surface area contributed by atoms with E-state index in [2.05, 4.69) is 69.3 Å². The van der Waals surface area contributed by atoms with Gasteiger partial charge in [-0.25, -0.2) is 9.97 Å². The Bertz CT molecular complexity index is 686. The number of rotatable bonds is 8. The van der Waals surface area contributed by atoms with Gasteiger partial charge in [-0.15, -0.1) is 0 Å². The molecule has 0 aliphatic carbocycles. The van der Waals surface area contributed by atoms with E-state index in [0.717, 1.165) is 49.1 Å². The maximum absolute atomic E-state index is 4.65. The van der Waals surface area contributed by atoms with Crippen molar-refractivity contribution < 1.29 is 0 Å². The number of aromatic nitrogens is 2. The molecule has 1 aromatic heterocycles. The summed E-state index contributed by atoms with van der Waals surface area (Å²) in [7, 11) is 0. The molecule has 1 fully saturated rings. The van der Waals surface area contributed by atoms with Gasteiger partial charge in [-0.2, -0.15) is 0 Å². The predicted molar refractivity (Wildman–Crippen MR) is 111 cm³/mol. The van der Waals surface area contributed by atoms with E-state index in [1.807, 2.05) is 6.92 Å². The molecule has 0 saturated carbocycles. The lowest BCUT2D eigenvalue weighted by atomic mass is 10.2. The van der Waals surface area contributed by atoms with Crippen molar-refractivity contribution in [1.29, 1.82) is 0 Å². The summed E-state index contributed by atoms with van der Waals surface area (Å²) in [5.41, 5.74) is 2.37. The fraction of sp³-hybridized carbons (Fsp3) is 0.524. The molecule has 26 heavy (non-hydrogen) atoms. The summed E-state index contributed by atoms with van der Waals surface area (Å²) in [4.78, 5) is 14.0. The third-order valence-electron chi connectivity index (χ3n) is 4.75. The van der Waals surface area contributed by atoms with Crippen LogP contribution < -0.4 is 15.1 Å². The van der Waals surface area contributed by atoms with Gasteiger partial charge in [0.15, 0.2) is 0 Å².